The molecule has 0 saturated carbocycles. The minimum absolute atomic E-state index is 0.0557. The fourth-order valence-corrected chi connectivity index (χ4v) is 3.62. The summed E-state index contributed by atoms with van der Waals surface area (Å²) in [5.41, 5.74) is -0.666. The molecule has 21 heavy (non-hydrogen) atoms. The second-order valence-electron chi connectivity index (χ2n) is 6.96. The maximum Gasteiger partial charge on any atom is 0.318 e. The summed E-state index contributed by atoms with van der Waals surface area (Å²) >= 11 is 1.62. The van der Waals surface area contributed by atoms with E-state index < -0.39 is 0 Å². The minimum atomic E-state index is -0.333. The number of hydrogen-bond acceptors (Lipinski definition) is 4. The molecule has 0 bridgehead atoms. The normalized spacial score (nSPS) is 21.9. The largest absolute Gasteiger partial charge is 0.366 e. The molecule has 2 amide bonds. The molecule has 5 nitrogen and oxygen atoms in total. The van der Waals surface area contributed by atoms with Crippen molar-refractivity contribution in [3.05, 3.63) is 16.1 Å². The first-order chi connectivity index (χ1) is 9.58. The van der Waals surface area contributed by atoms with Crippen molar-refractivity contribution in [2.75, 3.05) is 13.1 Å². The van der Waals surface area contributed by atoms with Gasteiger partial charge in [0.05, 0.1) is 30.3 Å². The molecule has 1 saturated heterocycles. The Bertz CT molecular complexity index is 509. The monoisotopic (exact) mass is 311 g/mol. The zero-order valence-electron chi connectivity index (χ0n) is 13.7. The molecule has 0 aromatic carbocycles. The van der Waals surface area contributed by atoms with Gasteiger partial charge in [0.1, 0.15) is 5.01 Å². The number of ether oxygens (including phenoxy) is 1. The lowest BCUT2D eigenvalue weighted by Crippen LogP contribution is -2.60. The van der Waals surface area contributed by atoms with Gasteiger partial charge >= 0.3 is 6.03 Å². The number of aromatic nitrogens is 1. The number of urea groups is 1. The molecule has 2 heterocycles. The first-order valence-electron chi connectivity index (χ1n) is 7.26. The Morgan fingerprint density at radius 2 is 1.95 bits per heavy atom. The van der Waals surface area contributed by atoms with E-state index in [1.165, 1.54) is 0 Å². The van der Waals surface area contributed by atoms with Crippen molar-refractivity contribution < 1.29 is 9.53 Å². The van der Waals surface area contributed by atoms with E-state index in [9.17, 15) is 4.79 Å². The van der Waals surface area contributed by atoms with Gasteiger partial charge in [0, 0.05) is 11.1 Å². The van der Waals surface area contributed by atoms with Gasteiger partial charge in [-0.3, -0.25) is 0 Å². The highest BCUT2D eigenvalue weighted by Gasteiger charge is 2.40. The predicted octanol–water partition coefficient (Wildman–Crippen LogP) is 3.11. The molecule has 0 spiro atoms. The molecule has 1 aliphatic heterocycles. The van der Waals surface area contributed by atoms with Gasteiger partial charge in [-0.1, -0.05) is 0 Å². The lowest BCUT2D eigenvalue weighted by Gasteiger charge is -2.47. The molecule has 1 atom stereocenters. The SMILES string of the molecule is Cc1cnc(C(C)NC(=O)N2CC(C)(C)OC(C)(C)C2)s1. The van der Waals surface area contributed by atoms with E-state index >= 15 is 0 Å². The van der Waals surface area contributed by atoms with Gasteiger partial charge in [-0.25, -0.2) is 9.78 Å². The third-order valence-electron chi connectivity index (χ3n) is 3.33. The van der Waals surface area contributed by atoms with Gasteiger partial charge in [-0.05, 0) is 41.5 Å². The van der Waals surface area contributed by atoms with Crippen LogP contribution >= 0.6 is 11.3 Å². The van der Waals surface area contributed by atoms with E-state index in [1.807, 2.05) is 52.6 Å². The van der Waals surface area contributed by atoms with Gasteiger partial charge in [0.15, 0.2) is 0 Å². The van der Waals surface area contributed by atoms with E-state index in [2.05, 4.69) is 10.3 Å². The van der Waals surface area contributed by atoms with Gasteiger partial charge in [-0.2, -0.15) is 0 Å². The maximum atomic E-state index is 12.5. The molecule has 1 N–H and O–H groups in total. The quantitative estimate of drug-likeness (QED) is 0.913. The van der Waals surface area contributed by atoms with E-state index in [-0.39, 0.29) is 23.3 Å². The molecule has 0 radical (unpaired) electrons. The van der Waals surface area contributed by atoms with Gasteiger partial charge < -0.3 is 15.0 Å². The number of amides is 2. The summed E-state index contributed by atoms with van der Waals surface area (Å²) in [7, 11) is 0. The Morgan fingerprint density at radius 1 is 1.38 bits per heavy atom. The highest BCUT2D eigenvalue weighted by molar-refractivity contribution is 7.11. The third-order valence-corrected chi connectivity index (χ3v) is 4.43. The molecule has 1 aromatic heterocycles. The highest BCUT2D eigenvalue weighted by Crippen LogP contribution is 2.28. The summed E-state index contributed by atoms with van der Waals surface area (Å²) in [6, 6.07) is -0.134. The van der Waals surface area contributed by atoms with Crippen molar-refractivity contribution in [1.82, 2.24) is 15.2 Å². The minimum Gasteiger partial charge on any atom is -0.366 e. The first kappa shape index (κ1) is 16.2. The number of hydrogen-bond donors (Lipinski definition) is 1. The molecule has 6 heteroatoms. The number of aryl methyl sites for hydroxylation is 1. The predicted molar refractivity (Wildman–Crippen MR) is 84.6 cm³/mol. The first-order valence-corrected chi connectivity index (χ1v) is 8.08. The van der Waals surface area contributed by atoms with Crippen LogP contribution in [0, 0.1) is 6.92 Å². The summed E-state index contributed by atoms with van der Waals surface area (Å²) in [6.45, 7) is 13.2. The Morgan fingerprint density at radius 3 is 2.43 bits per heavy atom. The highest BCUT2D eigenvalue weighted by atomic mass is 32.1. The van der Waals surface area contributed by atoms with E-state index in [1.54, 1.807) is 11.3 Å². The van der Waals surface area contributed by atoms with Crippen molar-refractivity contribution in [2.45, 2.75) is 58.8 Å². The Labute approximate surface area is 130 Å². The number of thiazole rings is 1. The summed E-state index contributed by atoms with van der Waals surface area (Å²) in [4.78, 5) is 19.8. The zero-order valence-corrected chi connectivity index (χ0v) is 14.5. The number of carbonyl (C=O) groups excluding carboxylic acids is 1. The number of nitrogens with zero attached hydrogens (tertiary/aromatic N) is 2. The van der Waals surface area contributed by atoms with Crippen LogP contribution in [0.1, 0.15) is 50.5 Å². The summed E-state index contributed by atoms with van der Waals surface area (Å²) in [5, 5.41) is 3.97. The third kappa shape index (κ3) is 4.17. The van der Waals surface area contributed by atoms with Crippen LogP contribution in [0.5, 0.6) is 0 Å². The van der Waals surface area contributed by atoms with Crippen molar-refractivity contribution in [3.8, 4) is 0 Å². The lowest BCUT2D eigenvalue weighted by atomic mass is 9.99. The smallest absolute Gasteiger partial charge is 0.318 e. The van der Waals surface area contributed by atoms with Crippen molar-refractivity contribution in [3.63, 3.8) is 0 Å². The van der Waals surface area contributed by atoms with Crippen LogP contribution in [0.25, 0.3) is 0 Å². The van der Waals surface area contributed by atoms with Crippen LogP contribution in [0.3, 0.4) is 0 Å². The molecule has 1 fully saturated rings. The Hall–Kier alpha value is -1.14. The molecule has 2 rings (SSSR count). The topological polar surface area (TPSA) is 54.5 Å². The summed E-state index contributed by atoms with van der Waals surface area (Å²) < 4.78 is 6.00. The number of morpholine rings is 1. The maximum absolute atomic E-state index is 12.5. The van der Waals surface area contributed by atoms with E-state index in [4.69, 9.17) is 4.74 Å². The van der Waals surface area contributed by atoms with Gasteiger partial charge in [0.2, 0.25) is 0 Å². The van der Waals surface area contributed by atoms with Crippen LogP contribution in [-0.2, 0) is 4.74 Å². The molecular formula is C15H25N3O2S. The van der Waals surface area contributed by atoms with Crippen LogP contribution in [0.4, 0.5) is 4.79 Å². The van der Waals surface area contributed by atoms with E-state index in [0.29, 0.717) is 13.1 Å². The van der Waals surface area contributed by atoms with Crippen molar-refractivity contribution in [1.29, 1.82) is 0 Å². The fraction of sp³-hybridized carbons (Fsp3) is 0.733. The summed E-state index contributed by atoms with van der Waals surface area (Å²) in [5.74, 6) is 0. The standard InChI is InChI=1S/C15H25N3O2S/c1-10-7-16-12(21-10)11(2)17-13(19)18-8-14(3,4)20-15(5,6)9-18/h7,11H,8-9H2,1-6H3,(H,17,19). The van der Waals surface area contributed by atoms with Crippen molar-refractivity contribution >= 4 is 17.4 Å². The number of carbonyl (C=O) groups is 1. The lowest BCUT2D eigenvalue weighted by molar-refractivity contribution is -0.170. The van der Waals surface area contributed by atoms with Gasteiger partial charge in [0.25, 0.3) is 0 Å². The molecule has 0 aliphatic carbocycles. The Kier molecular flexibility index (Phi) is 4.31. The second-order valence-corrected chi connectivity index (χ2v) is 8.22. The molecule has 1 unspecified atom stereocenters. The van der Waals surface area contributed by atoms with Crippen molar-refractivity contribution in [2.24, 2.45) is 0 Å². The van der Waals surface area contributed by atoms with Crippen LogP contribution in [0.15, 0.2) is 6.20 Å². The molecular weight excluding hydrogens is 286 g/mol. The van der Waals surface area contributed by atoms with Crippen LogP contribution in [0.2, 0.25) is 0 Å². The zero-order chi connectivity index (χ0) is 15.8. The second kappa shape index (κ2) is 5.57. The van der Waals surface area contributed by atoms with Crippen LogP contribution in [-0.4, -0.2) is 40.2 Å². The molecule has 1 aromatic rings. The average molecular weight is 311 g/mol. The van der Waals surface area contributed by atoms with Crippen LogP contribution < -0.4 is 5.32 Å². The number of nitrogens with one attached hydrogen (secondary N) is 1. The summed E-state index contributed by atoms with van der Waals surface area (Å²) in [6.07, 6.45) is 1.84. The van der Waals surface area contributed by atoms with Gasteiger partial charge in [-0.15, -0.1) is 11.3 Å². The average Bonchev–Trinajstić information content (AvgIpc) is 2.71. The molecule has 118 valence electrons. The van der Waals surface area contributed by atoms with E-state index in [0.717, 1.165) is 9.88 Å². The molecule has 1 aliphatic rings. The number of rotatable bonds is 2. The fourth-order valence-electron chi connectivity index (χ4n) is 2.84. The Balaban J connectivity index is 2.02.